The second-order valence-electron chi connectivity index (χ2n) is 6.13. The van der Waals surface area contributed by atoms with Gasteiger partial charge in [0.2, 0.25) is 0 Å². The average molecular weight is 375 g/mol. The lowest BCUT2D eigenvalue weighted by Crippen LogP contribution is -2.32. The van der Waals surface area contributed by atoms with Gasteiger partial charge in [0.25, 0.3) is 5.56 Å². The fourth-order valence-electron chi connectivity index (χ4n) is 2.64. The second-order valence-corrected chi connectivity index (χ2v) is 6.51. The van der Waals surface area contributed by atoms with E-state index in [4.69, 9.17) is 11.6 Å². The molecule has 134 valence electrons. The highest BCUT2D eigenvalue weighted by molar-refractivity contribution is 6.33. The summed E-state index contributed by atoms with van der Waals surface area (Å²) in [4.78, 5) is 17.8. The standard InChI is InChI=1S/C15H14ClF3N4O2/c1-14(25)4-5-22(8-14)10-7-21-23(13(24)12(10)16)11-3-2-9(6-20-11)15(17,18)19/h2-3,6-7,25H,4-5,8H2,1H3. The number of hydrogen-bond donors (Lipinski definition) is 1. The summed E-state index contributed by atoms with van der Waals surface area (Å²) in [6.07, 6.45) is -2.03. The maximum Gasteiger partial charge on any atom is 0.417 e. The Morgan fingerprint density at radius 3 is 2.56 bits per heavy atom. The van der Waals surface area contributed by atoms with Crippen LogP contribution in [-0.2, 0) is 6.18 Å². The first-order chi connectivity index (χ1) is 11.6. The molecule has 0 radical (unpaired) electrons. The zero-order chi connectivity index (χ0) is 18.4. The van der Waals surface area contributed by atoms with E-state index in [1.54, 1.807) is 11.8 Å². The van der Waals surface area contributed by atoms with Crippen molar-refractivity contribution in [2.24, 2.45) is 0 Å². The number of rotatable bonds is 2. The topological polar surface area (TPSA) is 71.2 Å². The Morgan fingerprint density at radius 1 is 1.32 bits per heavy atom. The fraction of sp³-hybridized carbons (Fsp3) is 0.400. The largest absolute Gasteiger partial charge is 0.417 e. The third kappa shape index (κ3) is 3.47. The summed E-state index contributed by atoms with van der Waals surface area (Å²) in [6.45, 7) is 2.49. The molecule has 2 aromatic rings. The van der Waals surface area contributed by atoms with Crippen LogP contribution in [0.15, 0.2) is 29.3 Å². The zero-order valence-electron chi connectivity index (χ0n) is 13.1. The minimum Gasteiger partial charge on any atom is -0.388 e. The van der Waals surface area contributed by atoms with Crippen molar-refractivity contribution in [3.63, 3.8) is 0 Å². The van der Waals surface area contributed by atoms with Crippen LogP contribution in [-0.4, -0.2) is 38.6 Å². The summed E-state index contributed by atoms with van der Waals surface area (Å²) in [7, 11) is 0. The molecule has 1 N–H and O–H groups in total. The Bertz CT molecular complexity index is 849. The lowest BCUT2D eigenvalue weighted by atomic mass is 10.1. The number of β-amino-alcohol motifs (C(OH)–C–C–N with tert-alkyl or cyclic N) is 1. The molecule has 0 bridgehead atoms. The number of alkyl halides is 3. The maximum absolute atomic E-state index is 12.6. The van der Waals surface area contributed by atoms with Crippen molar-refractivity contribution >= 4 is 17.3 Å². The van der Waals surface area contributed by atoms with E-state index in [1.165, 1.54) is 6.20 Å². The second kappa shape index (κ2) is 5.99. The van der Waals surface area contributed by atoms with Gasteiger partial charge in [0.05, 0.1) is 23.0 Å². The van der Waals surface area contributed by atoms with Crippen LogP contribution in [0, 0.1) is 0 Å². The lowest BCUT2D eigenvalue weighted by molar-refractivity contribution is -0.137. The number of hydrogen-bond acceptors (Lipinski definition) is 5. The monoisotopic (exact) mass is 374 g/mol. The van der Waals surface area contributed by atoms with E-state index in [-0.39, 0.29) is 10.8 Å². The predicted octanol–water partition coefficient (Wildman–Crippen LogP) is 2.26. The van der Waals surface area contributed by atoms with Gasteiger partial charge in [-0.15, -0.1) is 0 Å². The quantitative estimate of drug-likeness (QED) is 0.873. The SMILES string of the molecule is CC1(O)CCN(c2cnn(-c3ccc(C(F)(F)F)cn3)c(=O)c2Cl)C1. The Hall–Kier alpha value is -2.13. The third-order valence-corrected chi connectivity index (χ3v) is 4.34. The molecule has 3 heterocycles. The van der Waals surface area contributed by atoms with Crippen LogP contribution in [0.2, 0.25) is 5.02 Å². The molecule has 1 atom stereocenters. The molecule has 3 rings (SSSR count). The highest BCUT2D eigenvalue weighted by atomic mass is 35.5. The Labute approximate surface area is 145 Å². The first kappa shape index (κ1) is 17.7. The molecule has 2 aromatic heterocycles. The van der Waals surface area contributed by atoms with Crippen molar-refractivity contribution in [1.82, 2.24) is 14.8 Å². The Morgan fingerprint density at radius 2 is 2.04 bits per heavy atom. The molecule has 10 heteroatoms. The van der Waals surface area contributed by atoms with Gasteiger partial charge in [-0.3, -0.25) is 4.79 Å². The molecule has 0 saturated carbocycles. The van der Waals surface area contributed by atoms with Crippen LogP contribution in [0.5, 0.6) is 0 Å². The maximum atomic E-state index is 12.6. The van der Waals surface area contributed by atoms with Crippen molar-refractivity contribution in [3.8, 4) is 5.82 Å². The van der Waals surface area contributed by atoms with Crippen LogP contribution in [0.1, 0.15) is 18.9 Å². The van der Waals surface area contributed by atoms with Gasteiger partial charge in [0.1, 0.15) is 5.02 Å². The highest BCUT2D eigenvalue weighted by Gasteiger charge is 2.33. The number of pyridine rings is 1. The summed E-state index contributed by atoms with van der Waals surface area (Å²) in [5, 5.41) is 13.8. The fourth-order valence-corrected chi connectivity index (χ4v) is 2.89. The Balaban J connectivity index is 1.95. The highest BCUT2D eigenvalue weighted by Crippen LogP contribution is 2.30. The molecule has 1 unspecified atom stereocenters. The molecule has 1 saturated heterocycles. The number of anilines is 1. The molecule has 1 fully saturated rings. The van der Waals surface area contributed by atoms with Gasteiger partial charge in [-0.05, 0) is 25.5 Å². The van der Waals surface area contributed by atoms with Gasteiger partial charge in [-0.1, -0.05) is 11.6 Å². The van der Waals surface area contributed by atoms with E-state index in [0.29, 0.717) is 31.4 Å². The lowest BCUT2D eigenvalue weighted by Gasteiger charge is -2.21. The van der Waals surface area contributed by atoms with E-state index in [0.717, 1.165) is 16.8 Å². The van der Waals surface area contributed by atoms with Crippen LogP contribution in [0.25, 0.3) is 5.82 Å². The summed E-state index contributed by atoms with van der Waals surface area (Å²) in [6, 6.07) is 1.86. The molecule has 0 aromatic carbocycles. The first-order valence-corrected chi connectivity index (χ1v) is 7.75. The molecule has 1 aliphatic rings. The van der Waals surface area contributed by atoms with Gasteiger partial charge in [0, 0.05) is 19.3 Å². The smallest absolute Gasteiger partial charge is 0.388 e. The molecular weight excluding hydrogens is 361 g/mol. The average Bonchev–Trinajstić information content (AvgIpc) is 2.89. The minimum atomic E-state index is -4.52. The van der Waals surface area contributed by atoms with Gasteiger partial charge in [-0.2, -0.15) is 23.0 Å². The summed E-state index contributed by atoms with van der Waals surface area (Å²) < 4.78 is 38.6. The molecule has 6 nitrogen and oxygen atoms in total. The number of nitrogens with zero attached hydrogens (tertiary/aromatic N) is 4. The molecule has 1 aliphatic heterocycles. The first-order valence-electron chi connectivity index (χ1n) is 7.37. The number of halogens is 4. The Kier molecular flexibility index (Phi) is 4.24. The van der Waals surface area contributed by atoms with Crippen LogP contribution >= 0.6 is 11.6 Å². The third-order valence-electron chi connectivity index (χ3n) is 3.99. The van der Waals surface area contributed by atoms with Crippen molar-refractivity contribution in [2.75, 3.05) is 18.0 Å². The van der Waals surface area contributed by atoms with Gasteiger partial charge < -0.3 is 10.0 Å². The normalized spacial score (nSPS) is 21.0. The molecule has 0 amide bonds. The number of aromatic nitrogens is 3. The summed E-state index contributed by atoms with van der Waals surface area (Å²) >= 11 is 6.12. The van der Waals surface area contributed by atoms with Crippen LogP contribution in [0.4, 0.5) is 18.9 Å². The van der Waals surface area contributed by atoms with Crippen molar-refractivity contribution in [1.29, 1.82) is 0 Å². The van der Waals surface area contributed by atoms with Crippen molar-refractivity contribution in [3.05, 3.63) is 45.5 Å². The predicted molar refractivity (Wildman–Crippen MR) is 85.1 cm³/mol. The van der Waals surface area contributed by atoms with Gasteiger partial charge in [0.15, 0.2) is 5.82 Å². The minimum absolute atomic E-state index is 0.0696. The molecule has 25 heavy (non-hydrogen) atoms. The molecular formula is C15H14ClF3N4O2. The van der Waals surface area contributed by atoms with Crippen LogP contribution < -0.4 is 10.5 Å². The van der Waals surface area contributed by atoms with E-state index < -0.39 is 22.9 Å². The van der Waals surface area contributed by atoms with Crippen LogP contribution in [0.3, 0.4) is 0 Å². The molecule has 0 spiro atoms. The summed E-state index contributed by atoms with van der Waals surface area (Å²) in [5.74, 6) is -0.0696. The van der Waals surface area contributed by atoms with E-state index in [2.05, 4.69) is 10.1 Å². The van der Waals surface area contributed by atoms with E-state index in [1.807, 2.05) is 0 Å². The summed E-state index contributed by atoms with van der Waals surface area (Å²) in [5.41, 5.74) is -2.13. The van der Waals surface area contributed by atoms with Gasteiger partial charge >= 0.3 is 6.18 Å². The number of aliphatic hydroxyl groups is 1. The van der Waals surface area contributed by atoms with Crippen molar-refractivity contribution in [2.45, 2.75) is 25.1 Å². The van der Waals surface area contributed by atoms with Gasteiger partial charge in [-0.25, -0.2) is 4.98 Å². The van der Waals surface area contributed by atoms with E-state index in [9.17, 15) is 23.1 Å². The zero-order valence-corrected chi connectivity index (χ0v) is 13.8. The van der Waals surface area contributed by atoms with E-state index >= 15 is 0 Å². The molecule has 0 aliphatic carbocycles. The van der Waals surface area contributed by atoms with Crippen molar-refractivity contribution < 1.29 is 18.3 Å².